The van der Waals surface area contributed by atoms with Crippen molar-refractivity contribution in [3.05, 3.63) is 24.3 Å². The van der Waals surface area contributed by atoms with E-state index in [9.17, 15) is 8.42 Å². The van der Waals surface area contributed by atoms with Crippen molar-refractivity contribution in [2.45, 2.75) is 23.8 Å². The normalized spacial score (nSPS) is 20.5. The van der Waals surface area contributed by atoms with E-state index >= 15 is 0 Å². The molecule has 5 nitrogen and oxygen atoms in total. The first-order valence-corrected chi connectivity index (χ1v) is 8.33. The molecule has 0 aromatic heterocycles. The number of likely N-dealkylation sites (tertiary alicyclic amines) is 1. The smallest absolute Gasteiger partial charge is 0.242 e. The van der Waals surface area contributed by atoms with Crippen molar-refractivity contribution >= 4 is 15.7 Å². The van der Waals surface area contributed by atoms with Gasteiger partial charge in [-0.25, -0.2) is 8.42 Å². The van der Waals surface area contributed by atoms with Crippen LogP contribution in [0, 0.1) is 0 Å². The molecule has 1 aliphatic heterocycles. The van der Waals surface area contributed by atoms with Gasteiger partial charge < -0.3 is 10.2 Å². The second-order valence-corrected chi connectivity index (χ2v) is 7.38. The number of hydrogen-bond acceptors (Lipinski definition) is 4. The zero-order valence-corrected chi connectivity index (χ0v) is 13.2. The van der Waals surface area contributed by atoms with Crippen LogP contribution in [0.4, 0.5) is 5.69 Å². The first-order chi connectivity index (χ1) is 9.45. The molecule has 1 N–H and O–H groups in total. The fraction of sp³-hybridized carbons (Fsp3) is 0.571. The minimum atomic E-state index is -3.40. The topological polar surface area (TPSA) is 52.7 Å². The van der Waals surface area contributed by atoms with E-state index in [1.807, 2.05) is 7.05 Å². The number of sulfonamides is 1. The first-order valence-electron chi connectivity index (χ1n) is 6.89. The van der Waals surface area contributed by atoms with Gasteiger partial charge in [0.2, 0.25) is 10.0 Å². The minimum Gasteiger partial charge on any atom is -0.388 e. The number of anilines is 1. The van der Waals surface area contributed by atoms with Crippen molar-refractivity contribution in [1.29, 1.82) is 0 Å². The molecule has 1 saturated heterocycles. The molecule has 20 heavy (non-hydrogen) atoms. The molecule has 1 aromatic carbocycles. The summed E-state index contributed by atoms with van der Waals surface area (Å²) in [6, 6.07) is 7.18. The highest BCUT2D eigenvalue weighted by molar-refractivity contribution is 7.89. The van der Waals surface area contributed by atoms with Gasteiger partial charge in [-0.3, -0.25) is 0 Å². The van der Waals surface area contributed by atoms with Crippen molar-refractivity contribution < 1.29 is 8.42 Å². The van der Waals surface area contributed by atoms with Crippen LogP contribution in [-0.4, -0.2) is 57.9 Å². The van der Waals surface area contributed by atoms with Gasteiger partial charge >= 0.3 is 0 Å². The van der Waals surface area contributed by atoms with Crippen LogP contribution in [-0.2, 0) is 10.0 Å². The summed E-state index contributed by atoms with van der Waals surface area (Å²) in [6.45, 7) is 1.60. The maximum Gasteiger partial charge on any atom is 0.242 e. The van der Waals surface area contributed by atoms with Crippen molar-refractivity contribution in [1.82, 2.24) is 9.21 Å². The van der Waals surface area contributed by atoms with E-state index in [4.69, 9.17) is 0 Å². The van der Waals surface area contributed by atoms with Crippen molar-refractivity contribution in [3.63, 3.8) is 0 Å². The summed E-state index contributed by atoms with van der Waals surface area (Å²) in [5, 5.41) is 2.98. The van der Waals surface area contributed by atoms with Crippen LogP contribution in [0.25, 0.3) is 0 Å². The average Bonchev–Trinajstić information content (AvgIpc) is 2.84. The van der Waals surface area contributed by atoms with Gasteiger partial charge in [-0.05, 0) is 50.7 Å². The Balaban J connectivity index is 2.11. The summed E-state index contributed by atoms with van der Waals surface area (Å²) in [7, 11) is 2.13. The molecule has 0 amide bonds. The lowest BCUT2D eigenvalue weighted by Gasteiger charge is -2.25. The van der Waals surface area contributed by atoms with E-state index in [-0.39, 0.29) is 0 Å². The summed E-state index contributed by atoms with van der Waals surface area (Å²) in [5.41, 5.74) is 0.905. The van der Waals surface area contributed by atoms with Crippen LogP contribution in [0.3, 0.4) is 0 Å². The van der Waals surface area contributed by atoms with Gasteiger partial charge in [0.15, 0.2) is 0 Å². The summed E-state index contributed by atoms with van der Waals surface area (Å²) in [6.07, 6.45) is 2.21. The van der Waals surface area contributed by atoms with Gasteiger partial charge in [0.25, 0.3) is 0 Å². The summed E-state index contributed by atoms with van der Waals surface area (Å²) in [4.78, 5) is 2.58. The Labute approximate surface area is 121 Å². The fourth-order valence-electron chi connectivity index (χ4n) is 2.58. The van der Waals surface area contributed by atoms with Gasteiger partial charge in [-0.2, -0.15) is 4.31 Å². The Morgan fingerprint density at radius 2 is 2.00 bits per heavy atom. The Hall–Kier alpha value is -1.11. The lowest BCUT2D eigenvalue weighted by molar-refractivity contribution is 0.271. The van der Waals surface area contributed by atoms with Crippen molar-refractivity contribution in [3.8, 4) is 0 Å². The predicted molar refractivity (Wildman–Crippen MR) is 81.5 cm³/mol. The number of likely N-dealkylation sites (N-methyl/N-ethyl adjacent to an activating group) is 2. The van der Waals surface area contributed by atoms with Crippen LogP contribution in [0.5, 0.6) is 0 Å². The van der Waals surface area contributed by atoms with Crippen molar-refractivity contribution in [2.24, 2.45) is 0 Å². The first kappa shape index (κ1) is 15.3. The number of nitrogens with zero attached hydrogens (tertiary/aromatic N) is 2. The summed E-state index contributed by atoms with van der Waals surface area (Å²) >= 11 is 0. The number of hydrogen-bond donors (Lipinski definition) is 1. The highest BCUT2D eigenvalue weighted by Crippen LogP contribution is 2.21. The van der Waals surface area contributed by atoms with E-state index in [0.717, 1.165) is 25.1 Å². The van der Waals surface area contributed by atoms with Crippen LogP contribution >= 0.6 is 0 Å². The van der Waals surface area contributed by atoms with E-state index < -0.39 is 10.0 Å². The van der Waals surface area contributed by atoms with Gasteiger partial charge in [0, 0.05) is 32.4 Å². The Morgan fingerprint density at radius 1 is 1.35 bits per heavy atom. The summed E-state index contributed by atoms with van der Waals surface area (Å²) in [5.74, 6) is 0. The van der Waals surface area contributed by atoms with Crippen LogP contribution in [0.1, 0.15) is 12.8 Å². The molecule has 1 unspecified atom stereocenters. The molecule has 1 aromatic rings. The molecule has 112 valence electrons. The largest absolute Gasteiger partial charge is 0.388 e. The maximum atomic E-state index is 12.5. The minimum absolute atomic E-state index is 0.325. The van der Waals surface area contributed by atoms with Crippen LogP contribution in [0.2, 0.25) is 0 Å². The van der Waals surface area contributed by atoms with Crippen LogP contribution < -0.4 is 5.32 Å². The maximum absolute atomic E-state index is 12.5. The third kappa shape index (κ3) is 3.13. The fourth-order valence-corrected chi connectivity index (χ4v) is 3.79. The Morgan fingerprint density at radius 3 is 2.50 bits per heavy atom. The number of rotatable bonds is 5. The van der Waals surface area contributed by atoms with Gasteiger partial charge in [-0.15, -0.1) is 0 Å². The lowest BCUT2D eigenvalue weighted by atomic mass is 10.2. The standard InChI is InChI=1S/C14H23N3O2S/c1-15-12-6-8-14(9-7-12)20(18,19)17(3)11-13-5-4-10-16(13)2/h6-9,13,15H,4-5,10-11H2,1-3H3. The van der Waals surface area contributed by atoms with Gasteiger partial charge in [0.1, 0.15) is 0 Å². The van der Waals surface area contributed by atoms with E-state index in [1.54, 1.807) is 31.3 Å². The monoisotopic (exact) mass is 297 g/mol. The lowest BCUT2D eigenvalue weighted by Crippen LogP contribution is -2.39. The summed E-state index contributed by atoms with van der Waals surface area (Å²) < 4.78 is 26.5. The zero-order valence-electron chi connectivity index (χ0n) is 12.3. The second-order valence-electron chi connectivity index (χ2n) is 5.34. The van der Waals surface area contributed by atoms with Gasteiger partial charge in [-0.1, -0.05) is 0 Å². The SMILES string of the molecule is CNc1ccc(S(=O)(=O)N(C)CC2CCCN2C)cc1. The molecule has 1 fully saturated rings. The Bertz CT molecular complexity index is 542. The van der Waals surface area contributed by atoms with Crippen molar-refractivity contribution in [2.75, 3.05) is 39.5 Å². The molecule has 6 heteroatoms. The average molecular weight is 297 g/mol. The third-order valence-electron chi connectivity index (χ3n) is 3.99. The van der Waals surface area contributed by atoms with Gasteiger partial charge in [0.05, 0.1) is 4.90 Å². The molecular weight excluding hydrogens is 274 g/mol. The second kappa shape index (κ2) is 6.11. The third-order valence-corrected chi connectivity index (χ3v) is 5.83. The molecule has 1 heterocycles. The highest BCUT2D eigenvalue weighted by Gasteiger charge is 2.27. The zero-order chi connectivity index (χ0) is 14.8. The molecule has 1 atom stereocenters. The molecule has 0 bridgehead atoms. The predicted octanol–water partition coefficient (Wildman–Crippen LogP) is 1.44. The molecule has 0 radical (unpaired) electrons. The van der Waals surface area contributed by atoms with Crippen LogP contribution in [0.15, 0.2) is 29.2 Å². The van der Waals surface area contributed by atoms with E-state index in [0.29, 0.717) is 17.5 Å². The van der Waals surface area contributed by atoms with E-state index in [2.05, 4.69) is 17.3 Å². The van der Waals surface area contributed by atoms with E-state index in [1.165, 1.54) is 4.31 Å². The molecular formula is C14H23N3O2S. The Kier molecular flexibility index (Phi) is 4.67. The molecule has 0 saturated carbocycles. The molecule has 0 spiro atoms. The number of nitrogens with one attached hydrogen (secondary N) is 1. The molecule has 1 aliphatic rings. The quantitative estimate of drug-likeness (QED) is 0.893. The highest BCUT2D eigenvalue weighted by atomic mass is 32.2. The molecule has 0 aliphatic carbocycles. The molecule has 2 rings (SSSR count). The number of benzene rings is 1.